The normalized spacial score (nSPS) is 13.9. The highest BCUT2D eigenvalue weighted by atomic mass is 19.4. The molecule has 0 aliphatic heterocycles. The molecule has 0 N–H and O–H groups in total. The molecule has 1 aromatic rings. The fraction of sp³-hybridized carbons (Fsp3) is 0.429. The predicted molar refractivity (Wildman–Crippen MR) is 35.8 cm³/mol. The molecule has 89 valence electrons. The van der Waals surface area contributed by atoms with Crippen LogP contribution in [0.3, 0.4) is 0 Å². The van der Waals surface area contributed by atoms with E-state index in [4.69, 9.17) is 0 Å². The zero-order valence-electron chi connectivity index (χ0n) is 7.19. The maximum atomic E-state index is 13.2. The minimum absolute atomic E-state index is 0.373. The summed E-state index contributed by atoms with van der Waals surface area (Å²) in [5.74, 6) is 0. The molecule has 0 bridgehead atoms. The van der Waals surface area contributed by atoms with Crippen LogP contribution < -0.4 is 0 Å². The zero-order valence-corrected chi connectivity index (χ0v) is 7.19. The molecule has 0 saturated carbocycles. The van der Waals surface area contributed by atoms with Gasteiger partial charge in [-0.1, -0.05) is 0 Å². The van der Waals surface area contributed by atoms with E-state index in [2.05, 4.69) is 9.97 Å². The molecule has 0 aliphatic carbocycles. The van der Waals surface area contributed by atoms with E-state index in [1.54, 1.807) is 0 Å². The average molecular weight is 247 g/mol. The van der Waals surface area contributed by atoms with Gasteiger partial charge in [-0.15, -0.1) is 0 Å². The molecular formula is C7H2F7N2. The third-order valence-corrected chi connectivity index (χ3v) is 1.64. The maximum Gasteiger partial charge on any atom is 0.437 e. The van der Waals surface area contributed by atoms with Crippen LogP contribution >= 0.6 is 0 Å². The fourth-order valence-electron chi connectivity index (χ4n) is 0.878. The number of halogens is 7. The van der Waals surface area contributed by atoms with Crippen molar-refractivity contribution in [2.24, 2.45) is 0 Å². The number of alkyl halides is 7. The zero-order chi connectivity index (χ0) is 12.6. The predicted octanol–water partition coefficient (Wildman–Crippen LogP) is 2.57. The lowest BCUT2D eigenvalue weighted by atomic mass is 10.0. The molecule has 9 heteroatoms. The van der Waals surface area contributed by atoms with E-state index < -0.39 is 23.7 Å². The van der Waals surface area contributed by atoms with Crippen molar-refractivity contribution in [3.8, 4) is 0 Å². The molecule has 0 atom stereocenters. The van der Waals surface area contributed by atoms with E-state index in [-0.39, 0.29) is 0 Å². The van der Waals surface area contributed by atoms with E-state index in [1.165, 1.54) is 6.07 Å². The van der Waals surface area contributed by atoms with Gasteiger partial charge in [-0.05, 0) is 0 Å². The van der Waals surface area contributed by atoms with Crippen LogP contribution in [-0.2, 0) is 5.67 Å². The Bertz CT molecular complexity index is 341. The van der Waals surface area contributed by atoms with Crippen molar-refractivity contribution in [1.29, 1.82) is 0 Å². The van der Waals surface area contributed by atoms with Gasteiger partial charge in [0.1, 0.15) is 12.0 Å². The number of rotatable bonds is 1. The first-order valence-corrected chi connectivity index (χ1v) is 3.61. The van der Waals surface area contributed by atoms with Crippen LogP contribution in [0.1, 0.15) is 5.69 Å². The highest BCUT2D eigenvalue weighted by molar-refractivity contribution is 5.15. The van der Waals surface area contributed by atoms with E-state index in [0.717, 1.165) is 0 Å². The van der Waals surface area contributed by atoms with E-state index in [1.807, 2.05) is 0 Å². The Kier molecular flexibility index (Phi) is 2.82. The van der Waals surface area contributed by atoms with Gasteiger partial charge in [-0.2, -0.15) is 26.3 Å². The molecule has 0 unspecified atom stereocenters. The molecule has 0 aromatic carbocycles. The second-order valence-corrected chi connectivity index (χ2v) is 2.67. The summed E-state index contributed by atoms with van der Waals surface area (Å²) in [6, 6.07) is 1.38. The second kappa shape index (κ2) is 3.56. The van der Waals surface area contributed by atoms with Gasteiger partial charge in [-0.25, -0.2) is 14.4 Å². The fourth-order valence-corrected chi connectivity index (χ4v) is 0.878. The lowest BCUT2D eigenvalue weighted by molar-refractivity contribution is -0.350. The van der Waals surface area contributed by atoms with Crippen molar-refractivity contribution in [2.75, 3.05) is 0 Å². The third kappa shape index (κ3) is 1.81. The molecule has 0 amide bonds. The third-order valence-electron chi connectivity index (χ3n) is 1.64. The molecule has 1 aromatic heterocycles. The quantitative estimate of drug-likeness (QED) is 0.713. The minimum atomic E-state index is -6.17. The van der Waals surface area contributed by atoms with E-state index in [9.17, 15) is 30.7 Å². The molecule has 2 nitrogen and oxygen atoms in total. The van der Waals surface area contributed by atoms with Crippen molar-refractivity contribution in [3.05, 3.63) is 24.3 Å². The summed E-state index contributed by atoms with van der Waals surface area (Å²) in [5, 5.41) is 0. The average Bonchev–Trinajstić information content (AvgIpc) is 2.14. The summed E-state index contributed by atoms with van der Waals surface area (Å²) in [6.07, 6.45) is -11.5. The Labute approximate surface area is 84.1 Å². The lowest BCUT2D eigenvalue weighted by Gasteiger charge is -2.28. The van der Waals surface area contributed by atoms with Crippen LogP contribution in [0.4, 0.5) is 30.7 Å². The Morgan fingerprint density at radius 2 is 1.44 bits per heavy atom. The first kappa shape index (κ1) is 12.7. The van der Waals surface area contributed by atoms with E-state index >= 15 is 0 Å². The van der Waals surface area contributed by atoms with Gasteiger partial charge >= 0.3 is 18.0 Å². The van der Waals surface area contributed by atoms with Crippen molar-refractivity contribution >= 4 is 0 Å². The van der Waals surface area contributed by atoms with Crippen molar-refractivity contribution in [3.63, 3.8) is 0 Å². The molecule has 0 saturated heterocycles. The van der Waals surface area contributed by atoms with Gasteiger partial charge in [0, 0.05) is 12.3 Å². The van der Waals surface area contributed by atoms with Crippen molar-refractivity contribution in [2.45, 2.75) is 18.0 Å². The molecule has 0 spiro atoms. The van der Waals surface area contributed by atoms with Gasteiger partial charge in [0.2, 0.25) is 0 Å². The molecular weight excluding hydrogens is 245 g/mol. The monoisotopic (exact) mass is 247 g/mol. The largest absolute Gasteiger partial charge is 0.437 e. The molecule has 16 heavy (non-hydrogen) atoms. The van der Waals surface area contributed by atoms with Crippen LogP contribution in [-0.4, -0.2) is 22.3 Å². The maximum absolute atomic E-state index is 13.2. The minimum Gasteiger partial charge on any atom is -0.244 e. The van der Waals surface area contributed by atoms with Gasteiger partial charge in [0.25, 0.3) is 0 Å². The number of hydrogen-bond acceptors (Lipinski definition) is 2. The van der Waals surface area contributed by atoms with Gasteiger partial charge in [0.15, 0.2) is 0 Å². The molecule has 0 aliphatic rings. The lowest BCUT2D eigenvalue weighted by Crippen LogP contribution is -2.51. The van der Waals surface area contributed by atoms with Crippen LogP contribution in [0, 0.1) is 6.07 Å². The summed E-state index contributed by atoms with van der Waals surface area (Å²) < 4.78 is 85.8. The number of aromatic nitrogens is 2. The van der Waals surface area contributed by atoms with Gasteiger partial charge in [-0.3, -0.25) is 0 Å². The van der Waals surface area contributed by atoms with Gasteiger partial charge < -0.3 is 0 Å². The highest BCUT2D eigenvalue weighted by Gasteiger charge is 2.74. The Morgan fingerprint density at radius 3 is 1.75 bits per heavy atom. The van der Waals surface area contributed by atoms with E-state index in [0.29, 0.717) is 12.5 Å². The first-order valence-electron chi connectivity index (χ1n) is 3.61. The smallest absolute Gasteiger partial charge is 0.244 e. The molecule has 1 rings (SSSR count). The van der Waals surface area contributed by atoms with Crippen molar-refractivity contribution < 1.29 is 30.7 Å². The Balaban J connectivity index is 3.39. The van der Waals surface area contributed by atoms with Crippen LogP contribution in [0.25, 0.3) is 0 Å². The topological polar surface area (TPSA) is 25.8 Å². The second-order valence-electron chi connectivity index (χ2n) is 2.67. The number of hydrogen-bond donors (Lipinski definition) is 0. The van der Waals surface area contributed by atoms with Gasteiger partial charge in [0.05, 0.1) is 0 Å². The summed E-state index contributed by atoms with van der Waals surface area (Å²) in [5.41, 5.74) is -7.45. The van der Waals surface area contributed by atoms with Crippen LogP contribution in [0.15, 0.2) is 12.5 Å². The molecule has 1 radical (unpaired) electrons. The summed E-state index contributed by atoms with van der Waals surface area (Å²) >= 11 is 0. The van der Waals surface area contributed by atoms with Crippen molar-refractivity contribution in [1.82, 2.24) is 9.97 Å². The van der Waals surface area contributed by atoms with Crippen LogP contribution in [0.5, 0.6) is 0 Å². The highest BCUT2D eigenvalue weighted by Crippen LogP contribution is 2.52. The molecule has 1 heterocycles. The molecule has 0 fully saturated rings. The first-order chi connectivity index (χ1) is 7.11. The van der Waals surface area contributed by atoms with Crippen LogP contribution in [0.2, 0.25) is 0 Å². The number of nitrogens with zero attached hydrogens (tertiary/aromatic N) is 2. The SMILES string of the molecule is FC(F)(F)C(F)(c1[c]cncn1)C(F)(F)F. The Morgan fingerprint density at radius 1 is 0.938 bits per heavy atom. The standard InChI is InChI=1S/C7H2F7N2/c8-5(6(9,10)11,7(12,13)14)4-1-2-15-3-16-4/h2-3H. The summed E-state index contributed by atoms with van der Waals surface area (Å²) in [6.45, 7) is 0. The summed E-state index contributed by atoms with van der Waals surface area (Å²) in [7, 11) is 0. The Hall–Kier alpha value is -1.41. The summed E-state index contributed by atoms with van der Waals surface area (Å²) in [4.78, 5) is 5.66.